The van der Waals surface area contributed by atoms with E-state index >= 15 is 0 Å². The molecule has 1 rings (SSSR count). The summed E-state index contributed by atoms with van der Waals surface area (Å²) in [5.41, 5.74) is 1.86. The Bertz CT molecular complexity index is 233. The molecule has 1 aromatic carbocycles. The number of benzene rings is 1. The molecule has 0 spiro atoms. The van der Waals surface area contributed by atoms with E-state index in [0.29, 0.717) is 11.6 Å². The number of rotatable bonds is 1. The third-order valence-corrected chi connectivity index (χ3v) is 1.85. The summed E-state index contributed by atoms with van der Waals surface area (Å²) in [6, 6.07) is 5.35. The number of aromatic hydroxyl groups is 1. The first-order valence-electron chi connectivity index (χ1n) is 3.09. The topological polar surface area (TPSA) is 20.2 Å². The van der Waals surface area contributed by atoms with Gasteiger partial charge in [-0.2, -0.15) is 0 Å². The lowest BCUT2D eigenvalue weighted by Gasteiger charge is -2.01. The van der Waals surface area contributed by atoms with Crippen molar-refractivity contribution in [2.24, 2.45) is 0 Å². The third kappa shape index (κ3) is 1.24. The van der Waals surface area contributed by atoms with Gasteiger partial charge in [-0.1, -0.05) is 12.1 Å². The first kappa shape index (κ1) is 7.42. The SMILES string of the molecule is Cc1c(O)cccc1CCl. The van der Waals surface area contributed by atoms with Crippen molar-refractivity contribution in [3.63, 3.8) is 0 Å². The van der Waals surface area contributed by atoms with E-state index in [2.05, 4.69) is 0 Å². The van der Waals surface area contributed by atoms with Gasteiger partial charge in [-0.05, 0) is 24.1 Å². The maximum Gasteiger partial charge on any atom is 0.118 e. The van der Waals surface area contributed by atoms with Gasteiger partial charge in [0.1, 0.15) is 5.75 Å². The maximum atomic E-state index is 9.17. The Hall–Kier alpha value is -0.690. The zero-order valence-electron chi connectivity index (χ0n) is 5.76. The highest BCUT2D eigenvalue weighted by Crippen LogP contribution is 2.20. The molecule has 1 nitrogen and oxygen atoms in total. The monoisotopic (exact) mass is 156 g/mol. The number of hydrogen-bond donors (Lipinski definition) is 1. The predicted molar refractivity (Wildman–Crippen MR) is 42.4 cm³/mol. The molecule has 0 saturated heterocycles. The molecular weight excluding hydrogens is 148 g/mol. The highest BCUT2D eigenvalue weighted by Gasteiger charge is 1.98. The Morgan fingerprint density at radius 2 is 2.20 bits per heavy atom. The van der Waals surface area contributed by atoms with E-state index in [1.165, 1.54) is 0 Å². The van der Waals surface area contributed by atoms with Crippen LogP contribution in [-0.4, -0.2) is 5.11 Å². The van der Waals surface area contributed by atoms with E-state index < -0.39 is 0 Å². The average Bonchev–Trinajstić information content (AvgIpc) is 1.95. The largest absolute Gasteiger partial charge is 0.508 e. The Kier molecular flexibility index (Phi) is 2.17. The van der Waals surface area contributed by atoms with Crippen LogP contribution in [0, 0.1) is 6.92 Å². The molecule has 0 unspecified atom stereocenters. The van der Waals surface area contributed by atoms with Gasteiger partial charge in [0.15, 0.2) is 0 Å². The van der Waals surface area contributed by atoms with Crippen LogP contribution < -0.4 is 0 Å². The van der Waals surface area contributed by atoms with Crippen molar-refractivity contribution >= 4 is 11.6 Å². The molecule has 0 aliphatic carbocycles. The van der Waals surface area contributed by atoms with Crippen LogP contribution in [-0.2, 0) is 5.88 Å². The van der Waals surface area contributed by atoms with E-state index in [4.69, 9.17) is 11.6 Å². The van der Waals surface area contributed by atoms with Crippen LogP contribution in [0.15, 0.2) is 18.2 Å². The number of alkyl halides is 1. The van der Waals surface area contributed by atoms with Crippen molar-refractivity contribution in [1.29, 1.82) is 0 Å². The van der Waals surface area contributed by atoms with Crippen LogP contribution in [0.2, 0.25) is 0 Å². The van der Waals surface area contributed by atoms with E-state index in [-0.39, 0.29) is 0 Å². The molecule has 0 aliphatic rings. The van der Waals surface area contributed by atoms with Crippen LogP contribution in [0.5, 0.6) is 5.75 Å². The summed E-state index contributed by atoms with van der Waals surface area (Å²) in [7, 11) is 0. The zero-order valence-corrected chi connectivity index (χ0v) is 6.52. The summed E-state index contributed by atoms with van der Waals surface area (Å²) < 4.78 is 0. The predicted octanol–water partition coefficient (Wildman–Crippen LogP) is 2.44. The molecule has 0 aromatic heterocycles. The molecule has 10 heavy (non-hydrogen) atoms. The van der Waals surface area contributed by atoms with Crippen LogP contribution in [0.25, 0.3) is 0 Å². The van der Waals surface area contributed by atoms with Crippen molar-refractivity contribution in [1.82, 2.24) is 0 Å². The summed E-state index contributed by atoms with van der Waals surface area (Å²) >= 11 is 5.59. The Labute approximate surface area is 65.3 Å². The standard InChI is InChI=1S/C8H9ClO/c1-6-7(5-9)3-2-4-8(6)10/h2-4,10H,5H2,1H3. The van der Waals surface area contributed by atoms with Gasteiger partial charge >= 0.3 is 0 Å². The van der Waals surface area contributed by atoms with Crippen LogP contribution in [0.1, 0.15) is 11.1 Å². The molecule has 0 bridgehead atoms. The summed E-state index contributed by atoms with van der Waals surface area (Å²) in [5.74, 6) is 0.776. The summed E-state index contributed by atoms with van der Waals surface area (Å²) in [4.78, 5) is 0. The van der Waals surface area contributed by atoms with Crippen LogP contribution in [0.4, 0.5) is 0 Å². The average molecular weight is 157 g/mol. The first-order chi connectivity index (χ1) is 4.75. The molecule has 0 atom stereocenters. The molecule has 0 radical (unpaired) electrons. The minimum absolute atomic E-state index is 0.318. The minimum Gasteiger partial charge on any atom is -0.508 e. The Morgan fingerprint density at radius 3 is 2.70 bits per heavy atom. The lowest BCUT2D eigenvalue weighted by atomic mass is 10.1. The van der Waals surface area contributed by atoms with Crippen molar-refractivity contribution < 1.29 is 5.11 Å². The fourth-order valence-electron chi connectivity index (χ4n) is 0.815. The van der Waals surface area contributed by atoms with Gasteiger partial charge in [0.2, 0.25) is 0 Å². The van der Waals surface area contributed by atoms with Gasteiger partial charge in [-0.3, -0.25) is 0 Å². The zero-order chi connectivity index (χ0) is 7.56. The number of hydrogen-bond acceptors (Lipinski definition) is 1. The number of phenols is 1. The Balaban J connectivity index is 3.14. The molecule has 2 heteroatoms. The quantitative estimate of drug-likeness (QED) is 0.620. The smallest absolute Gasteiger partial charge is 0.118 e. The third-order valence-electron chi connectivity index (χ3n) is 1.56. The molecule has 0 fully saturated rings. The summed E-state index contributed by atoms with van der Waals surface area (Å²) in [5, 5.41) is 9.17. The molecule has 0 amide bonds. The van der Waals surface area contributed by atoms with Gasteiger partial charge < -0.3 is 5.11 Å². The van der Waals surface area contributed by atoms with E-state index in [9.17, 15) is 5.11 Å². The number of halogens is 1. The fourth-order valence-corrected chi connectivity index (χ4v) is 1.10. The van der Waals surface area contributed by atoms with Crippen LogP contribution >= 0.6 is 11.6 Å². The molecule has 0 aliphatic heterocycles. The van der Waals surface area contributed by atoms with E-state index in [1.54, 1.807) is 12.1 Å². The lowest BCUT2D eigenvalue weighted by molar-refractivity contribution is 0.470. The normalized spacial score (nSPS) is 9.80. The first-order valence-corrected chi connectivity index (χ1v) is 3.62. The minimum atomic E-state index is 0.318. The van der Waals surface area contributed by atoms with Gasteiger partial charge in [-0.25, -0.2) is 0 Å². The molecule has 1 N–H and O–H groups in total. The van der Waals surface area contributed by atoms with Gasteiger partial charge in [0.05, 0.1) is 0 Å². The van der Waals surface area contributed by atoms with Crippen LogP contribution in [0.3, 0.4) is 0 Å². The lowest BCUT2D eigenvalue weighted by Crippen LogP contribution is -1.83. The molecule has 54 valence electrons. The summed E-state index contributed by atoms with van der Waals surface area (Å²) in [6.45, 7) is 1.85. The maximum absolute atomic E-state index is 9.17. The molecule has 0 heterocycles. The highest BCUT2D eigenvalue weighted by atomic mass is 35.5. The highest BCUT2D eigenvalue weighted by molar-refractivity contribution is 6.17. The summed E-state index contributed by atoms with van der Waals surface area (Å²) in [6.07, 6.45) is 0. The molecule has 0 saturated carbocycles. The van der Waals surface area contributed by atoms with E-state index in [1.807, 2.05) is 13.0 Å². The van der Waals surface area contributed by atoms with Gasteiger partial charge in [0.25, 0.3) is 0 Å². The van der Waals surface area contributed by atoms with Crippen molar-refractivity contribution in [2.45, 2.75) is 12.8 Å². The second-order valence-corrected chi connectivity index (χ2v) is 2.46. The van der Waals surface area contributed by atoms with E-state index in [0.717, 1.165) is 11.1 Å². The van der Waals surface area contributed by atoms with Crippen molar-refractivity contribution in [3.8, 4) is 5.75 Å². The molecule has 1 aromatic rings. The molecular formula is C8H9ClO. The van der Waals surface area contributed by atoms with Crippen molar-refractivity contribution in [3.05, 3.63) is 29.3 Å². The fraction of sp³-hybridized carbons (Fsp3) is 0.250. The van der Waals surface area contributed by atoms with Gasteiger partial charge in [0, 0.05) is 5.88 Å². The Morgan fingerprint density at radius 1 is 1.50 bits per heavy atom. The second-order valence-electron chi connectivity index (χ2n) is 2.19. The number of phenolic OH excluding ortho intramolecular Hbond substituents is 1. The second kappa shape index (κ2) is 2.93. The van der Waals surface area contributed by atoms with Crippen molar-refractivity contribution in [2.75, 3.05) is 0 Å². The van der Waals surface area contributed by atoms with Gasteiger partial charge in [-0.15, -0.1) is 11.6 Å².